The van der Waals surface area contributed by atoms with Gasteiger partial charge in [0.25, 0.3) is 5.91 Å². The molecule has 0 atom stereocenters. The molecule has 1 heterocycles. The predicted molar refractivity (Wildman–Crippen MR) is 105 cm³/mol. The number of carbonyl (C=O) groups is 2. The van der Waals surface area contributed by atoms with Gasteiger partial charge in [-0.25, -0.2) is 13.2 Å². The van der Waals surface area contributed by atoms with Crippen molar-refractivity contribution in [2.24, 2.45) is 0 Å². The van der Waals surface area contributed by atoms with Crippen LogP contribution < -0.4 is 5.32 Å². The third-order valence-corrected chi connectivity index (χ3v) is 7.03. The second-order valence-corrected chi connectivity index (χ2v) is 8.60. The van der Waals surface area contributed by atoms with Crippen LogP contribution in [-0.4, -0.2) is 44.8 Å². The minimum atomic E-state index is -3.74. The summed E-state index contributed by atoms with van der Waals surface area (Å²) in [6.07, 6.45) is 0. The number of rotatable bonds is 7. The molecular formula is C17H19ClN2O5S2. The number of nitrogens with zero attached hydrogens (tertiary/aromatic N) is 1. The number of amides is 1. The first-order valence-corrected chi connectivity index (χ1v) is 10.7. The van der Waals surface area contributed by atoms with E-state index in [0.29, 0.717) is 18.1 Å². The van der Waals surface area contributed by atoms with Crippen LogP contribution in [0.2, 0.25) is 5.02 Å². The van der Waals surface area contributed by atoms with Gasteiger partial charge in [0.2, 0.25) is 10.0 Å². The number of halogens is 1. The van der Waals surface area contributed by atoms with E-state index in [1.807, 2.05) is 0 Å². The molecule has 0 spiro atoms. The van der Waals surface area contributed by atoms with E-state index in [4.69, 9.17) is 11.6 Å². The van der Waals surface area contributed by atoms with Crippen LogP contribution in [0, 0.1) is 0 Å². The highest BCUT2D eigenvalue weighted by Crippen LogP contribution is 2.27. The zero-order valence-electron chi connectivity index (χ0n) is 15.0. The van der Waals surface area contributed by atoms with Crippen molar-refractivity contribution in [1.29, 1.82) is 0 Å². The number of esters is 1. The summed E-state index contributed by atoms with van der Waals surface area (Å²) in [5.41, 5.74) is 0.202. The lowest BCUT2D eigenvalue weighted by Gasteiger charge is -2.19. The lowest BCUT2D eigenvalue weighted by Crippen LogP contribution is -2.30. The molecule has 1 amide bonds. The number of thiophene rings is 1. The third-order valence-electron chi connectivity index (χ3n) is 3.82. The van der Waals surface area contributed by atoms with Crippen molar-refractivity contribution < 1.29 is 22.7 Å². The molecule has 2 aromatic rings. The van der Waals surface area contributed by atoms with Crippen LogP contribution in [0.25, 0.3) is 0 Å². The van der Waals surface area contributed by atoms with Gasteiger partial charge in [-0.2, -0.15) is 4.31 Å². The van der Waals surface area contributed by atoms with Gasteiger partial charge in [-0.1, -0.05) is 25.4 Å². The van der Waals surface area contributed by atoms with Crippen LogP contribution in [0.5, 0.6) is 0 Å². The summed E-state index contributed by atoms with van der Waals surface area (Å²) < 4.78 is 31.3. The Balaban J connectivity index is 2.38. The minimum absolute atomic E-state index is 0.00545. The molecule has 27 heavy (non-hydrogen) atoms. The Hall–Kier alpha value is -1.94. The van der Waals surface area contributed by atoms with E-state index in [1.54, 1.807) is 19.2 Å². The molecule has 2 rings (SSSR count). The number of anilines is 1. The zero-order valence-corrected chi connectivity index (χ0v) is 17.4. The Bertz CT molecular complexity index is 952. The van der Waals surface area contributed by atoms with Crippen molar-refractivity contribution in [2.75, 3.05) is 25.5 Å². The van der Waals surface area contributed by atoms with Crippen molar-refractivity contribution in [2.45, 2.75) is 18.7 Å². The van der Waals surface area contributed by atoms with Gasteiger partial charge in [-0.3, -0.25) is 4.79 Å². The van der Waals surface area contributed by atoms with Crippen molar-refractivity contribution in [3.05, 3.63) is 45.8 Å². The molecule has 0 aliphatic carbocycles. The number of benzene rings is 1. The van der Waals surface area contributed by atoms with Crippen molar-refractivity contribution >= 4 is 49.8 Å². The molecule has 1 aromatic carbocycles. The third kappa shape index (κ3) is 4.49. The van der Waals surface area contributed by atoms with Crippen molar-refractivity contribution in [1.82, 2.24) is 4.31 Å². The molecule has 0 aliphatic rings. The molecule has 0 fully saturated rings. The summed E-state index contributed by atoms with van der Waals surface area (Å²) in [6.45, 7) is 4.08. The van der Waals surface area contributed by atoms with E-state index in [0.717, 1.165) is 11.3 Å². The monoisotopic (exact) mass is 430 g/mol. The topological polar surface area (TPSA) is 92.8 Å². The van der Waals surface area contributed by atoms with E-state index in [1.165, 1.54) is 35.7 Å². The summed E-state index contributed by atoms with van der Waals surface area (Å²) in [5.74, 6) is -1.21. The van der Waals surface area contributed by atoms with Gasteiger partial charge in [0.15, 0.2) is 0 Å². The second kappa shape index (κ2) is 8.83. The molecule has 0 saturated carbocycles. The Labute approximate surface area is 166 Å². The largest absolute Gasteiger partial charge is 0.465 e. The zero-order chi connectivity index (χ0) is 20.2. The maximum atomic E-state index is 12.7. The molecule has 1 N–H and O–H groups in total. The van der Waals surface area contributed by atoms with Crippen molar-refractivity contribution in [3.63, 3.8) is 0 Å². The first-order chi connectivity index (χ1) is 12.8. The second-order valence-electron chi connectivity index (χ2n) is 5.34. The summed E-state index contributed by atoms with van der Waals surface area (Å²) in [4.78, 5) is 24.3. The molecule has 146 valence electrons. The molecule has 0 unspecified atom stereocenters. The average molecular weight is 431 g/mol. The number of methoxy groups -OCH3 is 1. The highest BCUT2D eigenvalue weighted by atomic mass is 35.5. The van der Waals surface area contributed by atoms with Crippen LogP contribution in [0.3, 0.4) is 0 Å². The predicted octanol–water partition coefficient (Wildman–Crippen LogP) is 3.47. The van der Waals surface area contributed by atoms with E-state index in [9.17, 15) is 18.0 Å². The van der Waals surface area contributed by atoms with E-state index in [-0.39, 0.29) is 21.0 Å². The van der Waals surface area contributed by atoms with Gasteiger partial charge in [-0.15, -0.1) is 11.3 Å². The molecule has 0 saturated heterocycles. The summed E-state index contributed by atoms with van der Waals surface area (Å²) in [7, 11) is -2.50. The molecule has 0 radical (unpaired) electrons. The van der Waals surface area contributed by atoms with Crippen LogP contribution in [-0.2, 0) is 14.8 Å². The summed E-state index contributed by atoms with van der Waals surface area (Å²) in [5, 5.41) is 4.61. The number of hydrogen-bond acceptors (Lipinski definition) is 6. The summed E-state index contributed by atoms with van der Waals surface area (Å²) in [6, 6.07) is 5.48. The van der Waals surface area contributed by atoms with E-state index < -0.39 is 21.9 Å². The number of nitrogens with one attached hydrogen (secondary N) is 1. The van der Waals surface area contributed by atoms with Crippen molar-refractivity contribution in [3.8, 4) is 0 Å². The number of carbonyl (C=O) groups excluding carboxylic acids is 2. The summed E-state index contributed by atoms with van der Waals surface area (Å²) >= 11 is 7.24. The normalized spacial score (nSPS) is 11.4. The smallest absolute Gasteiger partial charge is 0.340 e. The molecule has 7 nitrogen and oxygen atoms in total. The maximum Gasteiger partial charge on any atom is 0.340 e. The fourth-order valence-corrected chi connectivity index (χ4v) is 4.86. The van der Waals surface area contributed by atoms with Crippen LogP contribution >= 0.6 is 22.9 Å². The molecular weight excluding hydrogens is 412 g/mol. The Morgan fingerprint density at radius 2 is 1.85 bits per heavy atom. The minimum Gasteiger partial charge on any atom is -0.465 e. The standard InChI is InChI=1S/C17H19ClN2O5S2/c1-4-20(5-2)27(23,24)11-6-7-14(18)13(10-11)15(21)19-16-12(8-9-26-16)17(22)25-3/h6-10H,4-5H2,1-3H3,(H,19,21). The SMILES string of the molecule is CCN(CC)S(=O)(=O)c1ccc(Cl)c(C(=O)Nc2sccc2C(=O)OC)c1. The number of sulfonamides is 1. The average Bonchev–Trinajstić information content (AvgIpc) is 3.10. The molecule has 1 aromatic heterocycles. The molecule has 0 aliphatic heterocycles. The van der Waals surface area contributed by atoms with Gasteiger partial charge in [-0.05, 0) is 29.6 Å². The van der Waals surface area contributed by atoms with Gasteiger partial charge in [0.1, 0.15) is 5.00 Å². The van der Waals surface area contributed by atoms with Crippen LogP contribution in [0.15, 0.2) is 34.5 Å². The number of ether oxygens (including phenoxy) is 1. The highest BCUT2D eigenvalue weighted by Gasteiger charge is 2.24. The maximum absolute atomic E-state index is 12.7. The Morgan fingerprint density at radius 3 is 2.44 bits per heavy atom. The first kappa shape index (κ1) is 21.4. The lowest BCUT2D eigenvalue weighted by molar-refractivity contribution is 0.0602. The molecule has 0 bridgehead atoms. The first-order valence-electron chi connectivity index (χ1n) is 8.03. The highest BCUT2D eigenvalue weighted by molar-refractivity contribution is 7.89. The van der Waals surface area contributed by atoms with Crippen LogP contribution in [0.1, 0.15) is 34.6 Å². The quantitative estimate of drug-likeness (QED) is 0.679. The lowest BCUT2D eigenvalue weighted by atomic mass is 10.2. The van der Waals surface area contributed by atoms with Crippen LogP contribution in [0.4, 0.5) is 5.00 Å². The van der Waals surface area contributed by atoms with E-state index >= 15 is 0 Å². The number of hydrogen-bond donors (Lipinski definition) is 1. The Kier molecular flexibility index (Phi) is 6.99. The fourth-order valence-electron chi connectivity index (χ4n) is 2.40. The van der Waals surface area contributed by atoms with Gasteiger partial charge in [0.05, 0.1) is 28.2 Å². The van der Waals surface area contributed by atoms with Gasteiger partial charge >= 0.3 is 5.97 Å². The van der Waals surface area contributed by atoms with Gasteiger partial charge < -0.3 is 10.1 Å². The molecule has 10 heteroatoms. The Morgan fingerprint density at radius 1 is 1.19 bits per heavy atom. The van der Waals surface area contributed by atoms with Gasteiger partial charge in [0, 0.05) is 13.1 Å². The fraction of sp³-hybridized carbons (Fsp3) is 0.294. The van der Waals surface area contributed by atoms with E-state index in [2.05, 4.69) is 10.1 Å².